The maximum atomic E-state index is 12.3. The molecule has 0 aliphatic heterocycles. The van der Waals surface area contributed by atoms with Gasteiger partial charge in [0.15, 0.2) is 5.76 Å². The molecule has 0 fully saturated rings. The van der Waals surface area contributed by atoms with Gasteiger partial charge in [0, 0.05) is 5.56 Å². The molecule has 3 aromatic rings. The number of halogens is 1. The molecule has 20 heavy (non-hydrogen) atoms. The van der Waals surface area contributed by atoms with Crippen LogP contribution in [-0.4, -0.2) is 7.11 Å². The maximum absolute atomic E-state index is 12.3. The summed E-state index contributed by atoms with van der Waals surface area (Å²) in [5.74, 6) is 1.28. The lowest BCUT2D eigenvalue weighted by molar-refractivity contribution is 0.415. The van der Waals surface area contributed by atoms with Crippen molar-refractivity contribution in [1.29, 1.82) is 0 Å². The van der Waals surface area contributed by atoms with Crippen LogP contribution in [0.2, 0.25) is 0 Å². The van der Waals surface area contributed by atoms with Crippen LogP contribution < -0.4 is 10.2 Å². The van der Waals surface area contributed by atoms with E-state index in [4.69, 9.17) is 9.15 Å². The summed E-state index contributed by atoms with van der Waals surface area (Å²) in [6.45, 7) is 0. The maximum Gasteiger partial charge on any atom is 0.207 e. The fourth-order valence-corrected chi connectivity index (χ4v) is 2.57. The third-order valence-corrected chi connectivity index (χ3v) is 3.81. The zero-order valence-electron chi connectivity index (χ0n) is 10.7. The van der Waals surface area contributed by atoms with Crippen LogP contribution >= 0.6 is 15.9 Å². The molecule has 0 bridgehead atoms. The molecule has 0 aliphatic rings. The number of fused-ring (bicyclic) bond motifs is 1. The minimum absolute atomic E-state index is 0.0716. The Labute approximate surface area is 123 Å². The summed E-state index contributed by atoms with van der Waals surface area (Å²) in [7, 11) is 1.61. The van der Waals surface area contributed by atoms with Gasteiger partial charge in [-0.1, -0.05) is 12.1 Å². The van der Waals surface area contributed by atoms with Crippen LogP contribution in [0.4, 0.5) is 0 Å². The van der Waals surface area contributed by atoms with E-state index >= 15 is 0 Å². The Morgan fingerprint density at radius 2 is 1.75 bits per heavy atom. The number of benzene rings is 2. The van der Waals surface area contributed by atoms with Gasteiger partial charge in [-0.3, -0.25) is 4.79 Å². The number of para-hydroxylation sites is 1. The SMILES string of the molecule is COc1ccc(-c2oc3ccccc3c(=O)c2Br)cc1. The molecule has 0 saturated carbocycles. The van der Waals surface area contributed by atoms with Gasteiger partial charge in [0.2, 0.25) is 5.43 Å². The summed E-state index contributed by atoms with van der Waals surface area (Å²) < 4.78 is 11.4. The van der Waals surface area contributed by atoms with E-state index in [1.165, 1.54) is 0 Å². The lowest BCUT2D eigenvalue weighted by Gasteiger charge is -2.06. The Kier molecular flexibility index (Phi) is 3.32. The second kappa shape index (κ2) is 5.13. The zero-order valence-corrected chi connectivity index (χ0v) is 12.3. The van der Waals surface area contributed by atoms with Crippen molar-refractivity contribution in [2.45, 2.75) is 0 Å². The lowest BCUT2D eigenvalue weighted by Crippen LogP contribution is -2.03. The first kappa shape index (κ1) is 12.9. The fraction of sp³-hybridized carbons (Fsp3) is 0.0625. The quantitative estimate of drug-likeness (QED) is 0.705. The van der Waals surface area contributed by atoms with Gasteiger partial charge in [-0.25, -0.2) is 0 Å². The second-order valence-corrected chi connectivity index (χ2v) is 5.09. The standard InChI is InChI=1S/C16H11BrO3/c1-19-11-8-6-10(7-9-11)16-14(17)15(18)12-4-2-3-5-13(12)20-16/h2-9H,1H3. The lowest BCUT2D eigenvalue weighted by atomic mass is 10.1. The molecule has 100 valence electrons. The fourth-order valence-electron chi connectivity index (χ4n) is 2.05. The van der Waals surface area contributed by atoms with Crippen molar-refractivity contribution < 1.29 is 9.15 Å². The first-order valence-corrected chi connectivity index (χ1v) is 6.86. The van der Waals surface area contributed by atoms with Crippen molar-refractivity contribution in [3.8, 4) is 17.1 Å². The molecule has 1 heterocycles. The Bertz CT molecular complexity index is 819. The van der Waals surface area contributed by atoms with Crippen LogP contribution in [0.15, 0.2) is 62.2 Å². The Morgan fingerprint density at radius 1 is 1.05 bits per heavy atom. The molecule has 0 N–H and O–H groups in total. The van der Waals surface area contributed by atoms with Crippen molar-refractivity contribution in [2.75, 3.05) is 7.11 Å². The molecule has 0 saturated heterocycles. The molecule has 2 aromatic carbocycles. The number of hydrogen-bond donors (Lipinski definition) is 0. The van der Waals surface area contributed by atoms with Gasteiger partial charge in [0.05, 0.1) is 12.5 Å². The van der Waals surface area contributed by atoms with E-state index in [1.54, 1.807) is 19.2 Å². The summed E-state index contributed by atoms with van der Waals surface area (Å²) in [6.07, 6.45) is 0. The van der Waals surface area contributed by atoms with Crippen molar-refractivity contribution in [3.05, 3.63) is 63.2 Å². The molecule has 0 radical (unpaired) electrons. The number of rotatable bonds is 2. The predicted octanol–water partition coefficient (Wildman–Crippen LogP) is 4.23. The third kappa shape index (κ3) is 2.12. The number of ether oxygens (including phenoxy) is 1. The Balaban J connectivity index is 2.25. The van der Waals surface area contributed by atoms with Crippen molar-refractivity contribution >= 4 is 26.9 Å². The topological polar surface area (TPSA) is 39.4 Å². The van der Waals surface area contributed by atoms with E-state index in [9.17, 15) is 4.79 Å². The van der Waals surface area contributed by atoms with E-state index < -0.39 is 0 Å². The first-order valence-electron chi connectivity index (χ1n) is 6.06. The normalized spacial score (nSPS) is 10.7. The number of hydrogen-bond acceptors (Lipinski definition) is 3. The van der Waals surface area contributed by atoms with Crippen LogP contribution in [0.25, 0.3) is 22.3 Å². The van der Waals surface area contributed by atoms with Gasteiger partial charge in [-0.15, -0.1) is 0 Å². The van der Waals surface area contributed by atoms with Gasteiger partial charge in [-0.2, -0.15) is 0 Å². The van der Waals surface area contributed by atoms with Crippen LogP contribution in [0.5, 0.6) is 5.75 Å². The predicted molar refractivity (Wildman–Crippen MR) is 82.2 cm³/mol. The van der Waals surface area contributed by atoms with Crippen LogP contribution in [0.3, 0.4) is 0 Å². The summed E-state index contributed by atoms with van der Waals surface area (Å²) in [5.41, 5.74) is 1.32. The van der Waals surface area contributed by atoms with Gasteiger partial charge < -0.3 is 9.15 Å². The zero-order chi connectivity index (χ0) is 14.1. The monoisotopic (exact) mass is 330 g/mol. The molecule has 3 nitrogen and oxygen atoms in total. The summed E-state index contributed by atoms with van der Waals surface area (Å²) >= 11 is 3.34. The average Bonchev–Trinajstić information content (AvgIpc) is 2.51. The molecule has 0 spiro atoms. The molecule has 4 heteroatoms. The molecule has 3 rings (SSSR count). The van der Waals surface area contributed by atoms with E-state index in [2.05, 4.69) is 15.9 Å². The molecule has 1 aromatic heterocycles. The minimum atomic E-state index is -0.0716. The van der Waals surface area contributed by atoms with Crippen molar-refractivity contribution in [1.82, 2.24) is 0 Å². The van der Waals surface area contributed by atoms with Crippen molar-refractivity contribution in [3.63, 3.8) is 0 Å². The Hall–Kier alpha value is -2.07. The summed E-state index contributed by atoms with van der Waals surface area (Å²) in [5, 5.41) is 0.566. The highest BCUT2D eigenvalue weighted by molar-refractivity contribution is 9.10. The van der Waals surface area contributed by atoms with Crippen LogP contribution in [-0.2, 0) is 0 Å². The second-order valence-electron chi connectivity index (χ2n) is 4.30. The molecule has 0 atom stereocenters. The van der Waals surface area contributed by atoms with Crippen LogP contribution in [0.1, 0.15) is 0 Å². The summed E-state index contributed by atoms with van der Waals surface area (Å²) in [6, 6.07) is 14.6. The largest absolute Gasteiger partial charge is 0.497 e. The highest BCUT2D eigenvalue weighted by atomic mass is 79.9. The van der Waals surface area contributed by atoms with E-state index in [1.807, 2.05) is 36.4 Å². The van der Waals surface area contributed by atoms with Gasteiger partial charge in [0.25, 0.3) is 0 Å². The molecule has 0 unspecified atom stereocenters. The van der Waals surface area contributed by atoms with Gasteiger partial charge >= 0.3 is 0 Å². The van der Waals surface area contributed by atoms with Gasteiger partial charge in [0.1, 0.15) is 15.8 Å². The molecular weight excluding hydrogens is 320 g/mol. The number of methoxy groups -OCH3 is 1. The first-order chi connectivity index (χ1) is 9.70. The van der Waals surface area contributed by atoms with E-state index in [-0.39, 0.29) is 5.43 Å². The van der Waals surface area contributed by atoms with Crippen LogP contribution in [0, 0.1) is 0 Å². The smallest absolute Gasteiger partial charge is 0.207 e. The minimum Gasteiger partial charge on any atom is -0.497 e. The van der Waals surface area contributed by atoms with E-state index in [0.29, 0.717) is 21.2 Å². The highest BCUT2D eigenvalue weighted by Gasteiger charge is 2.13. The van der Waals surface area contributed by atoms with Crippen molar-refractivity contribution in [2.24, 2.45) is 0 Å². The molecular formula is C16H11BrO3. The Morgan fingerprint density at radius 3 is 2.45 bits per heavy atom. The van der Waals surface area contributed by atoms with E-state index in [0.717, 1.165) is 11.3 Å². The highest BCUT2D eigenvalue weighted by Crippen LogP contribution is 2.30. The third-order valence-electron chi connectivity index (χ3n) is 3.09. The summed E-state index contributed by atoms with van der Waals surface area (Å²) in [4.78, 5) is 12.3. The van der Waals surface area contributed by atoms with Gasteiger partial charge in [-0.05, 0) is 52.3 Å². The molecule has 0 amide bonds. The molecule has 0 aliphatic carbocycles. The average molecular weight is 331 g/mol.